The highest BCUT2D eigenvalue weighted by atomic mass is 32.2. The number of nitrogens with one attached hydrogen (secondary N) is 2. The van der Waals surface area contributed by atoms with Gasteiger partial charge in [-0.05, 0) is 42.5 Å². The SMILES string of the molecule is C[NH+](C)CCNS(=O)(=O)c1ccc2c(c1)CCC2. The summed E-state index contributed by atoms with van der Waals surface area (Å²) < 4.78 is 26.8. The summed E-state index contributed by atoms with van der Waals surface area (Å²) in [6.07, 6.45) is 3.21. The highest BCUT2D eigenvalue weighted by Gasteiger charge is 2.18. The lowest BCUT2D eigenvalue weighted by Crippen LogP contribution is -3.06. The van der Waals surface area contributed by atoms with Gasteiger partial charge < -0.3 is 4.90 Å². The Kier molecular flexibility index (Phi) is 4.04. The van der Waals surface area contributed by atoms with Gasteiger partial charge in [0.1, 0.15) is 0 Å². The van der Waals surface area contributed by atoms with Gasteiger partial charge in [-0.15, -0.1) is 0 Å². The van der Waals surface area contributed by atoms with E-state index in [4.69, 9.17) is 0 Å². The van der Waals surface area contributed by atoms with Crippen LogP contribution < -0.4 is 9.62 Å². The number of quaternary nitrogens is 1. The summed E-state index contributed by atoms with van der Waals surface area (Å²) in [7, 11) is 0.666. The monoisotopic (exact) mass is 269 g/mol. The second-order valence-electron chi connectivity index (χ2n) is 5.14. The molecule has 0 amide bonds. The first kappa shape index (κ1) is 13.5. The Balaban J connectivity index is 2.10. The van der Waals surface area contributed by atoms with Crippen molar-refractivity contribution in [3.63, 3.8) is 0 Å². The van der Waals surface area contributed by atoms with Crippen LogP contribution in [0.15, 0.2) is 23.1 Å². The molecule has 2 rings (SSSR count). The van der Waals surface area contributed by atoms with Gasteiger partial charge in [0.05, 0.1) is 32.1 Å². The second-order valence-corrected chi connectivity index (χ2v) is 6.91. The minimum Gasteiger partial charge on any atom is -0.339 e. The molecular formula is C13H21N2O2S+. The summed E-state index contributed by atoms with van der Waals surface area (Å²) in [5.74, 6) is 0. The van der Waals surface area contributed by atoms with Crippen molar-refractivity contribution < 1.29 is 13.3 Å². The number of aryl methyl sites for hydroxylation is 2. The molecule has 0 spiro atoms. The van der Waals surface area contributed by atoms with Gasteiger partial charge in [0.15, 0.2) is 0 Å². The van der Waals surface area contributed by atoms with Gasteiger partial charge in [-0.25, -0.2) is 13.1 Å². The molecule has 0 heterocycles. The molecular weight excluding hydrogens is 248 g/mol. The molecule has 1 aliphatic rings. The van der Waals surface area contributed by atoms with Crippen LogP contribution in [0.2, 0.25) is 0 Å². The first-order valence-electron chi connectivity index (χ1n) is 6.39. The molecule has 1 aliphatic carbocycles. The zero-order chi connectivity index (χ0) is 13.2. The molecule has 1 aromatic carbocycles. The molecule has 18 heavy (non-hydrogen) atoms. The van der Waals surface area contributed by atoms with Crippen LogP contribution in [0.3, 0.4) is 0 Å². The Hall–Kier alpha value is -0.910. The van der Waals surface area contributed by atoms with Crippen LogP contribution in [0.4, 0.5) is 0 Å². The van der Waals surface area contributed by atoms with E-state index in [-0.39, 0.29) is 0 Å². The molecule has 5 heteroatoms. The van der Waals surface area contributed by atoms with Crippen LogP contribution in [0.5, 0.6) is 0 Å². The van der Waals surface area contributed by atoms with E-state index in [1.54, 1.807) is 6.07 Å². The Morgan fingerprint density at radius 1 is 1.22 bits per heavy atom. The maximum atomic E-state index is 12.1. The standard InChI is InChI=1S/C13H20N2O2S/c1-15(2)9-8-14-18(16,17)13-7-6-11-4-3-5-12(11)10-13/h6-7,10,14H,3-5,8-9H2,1-2H3/p+1. The molecule has 0 aliphatic heterocycles. The fourth-order valence-corrected chi connectivity index (χ4v) is 3.32. The van der Waals surface area contributed by atoms with Crippen molar-refractivity contribution in [2.45, 2.75) is 24.2 Å². The zero-order valence-corrected chi connectivity index (χ0v) is 11.8. The maximum Gasteiger partial charge on any atom is 0.240 e. The van der Waals surface area contributed by atoms with Crippen LogP contribution in [0.25, 0.3) is 0 Å². The summed E-state index contributed by atoms with van der Waals surface area (Å²) in [5, 5.41) is 0. The van der Waals surface area contributed by atoms with E-state index in [1.165, 1.54) is 16.0 Å². The average molecular weight is 269 g/mol. The Morgan fingerprint density at radius 2 is 1.94 bits per heavy atom. The third-order valence-electron chi connectivity index (χ3n) is 3.30. The van der Waals surface area contributed by atoms with Crippen LogP contribution in [-0.2, 0) is 22.9 Å². The van der Waals surface area contributed by atoms with E-state index in [1.807, 2.05) is 26.2 Å². The molecule has 0 bridgehead atoms. The Labute approximate surface area is 109 Å². The fourth-order valence-electron chi connectivity index (χ4n) is 2.23. The number of fused-ring (bicyclic) bond motifs is 1. The Bertz CT molecular complexity index is 524. The molecule has 0 atom stereocenters. The normalized spacial score (nSPS) is 15.1. The summed E-state index contributed by atoms with van der Waals surface area (Å²) in [6, 6.07) is 5.50. The largest absolute Gasteiger partial charge is 0.339 e. The summed E-state index contributed by atoms with van der Waals surface area (Å²) in [6.45, 7) is 1.26. The topological polar surface area (TPSA) is 50.6 Å². The summed E-state index contributed by atoms with van der Waals surface area (Å²) >= 11 is 0. The lowest BCUT2D eigenvalue weighted by Gasteiger charge is -2.10. The van der Waals surface area contributed by atoms with Gasteiger partial charge in [0.25, 0.3) is 0 Å². The highest BCUT2D eigenvalue weighted by Crippen LogP contribution is 2.24. The average Bonchev–Trinajstić information content (AvgIpc) is 2.74. The molecule has 2 N–H and O–H groups in total. The van der Waals surface area contributed by atoms with Crippen molar-refractivity contribution in [2.24, 2.45) is 0 Å². The lowest BCUT2D eigenvalue weighted by atomic mass is 10.1. The third kappa shape index (κ3) is 3.10. The van der Waals surface area contributed by atoms with Gasteiger partial charge in [-0.3, -0.25) is 0 Å². The van der Waals surface area contributed by atoms with E-state index in [0.717, 1.165) is 25.8 Å². The predicted octanol–water partition coefficient (Wildman–Crippen LogP) is -0.402. The van der Waals surface area contributed by atoms with Crippen molar-refractivity contribution in [3.8, 4) is 0 Å². The molecule has 0 radical (unpaired) electrons. The first-order valence-corrected chi connectivity index (χ1v) is 7.88. The number of likely N-dealkylation sites (N-methyl/N-ethyl adjacent to an activating group) is 1. The van der Waals surface area contributed by atoms with E-state index < -0.39 is 10.0 Å². The number of hydrogen-bond acceptors (Lipinski definition) is 2. The van der Waals surface area contributed by atoms with Gasteiger partial charge in [-0.1, -0.05) is 6.07 Å². The number of rotatable bonds is 5. The van der Waals surface area contributed by atoms with Crippen molar-refractivity contribution >= 4 is 10.0 Å². The Morgan fingerprint density at radius 3 is 2.67 bits per heavy atom. The van der Waals surface area contributed by atoms with Crippen LogP contribution in [0.1, 0.15) is 17.5 Å². The molecule has 4 nitrogen and oxygen atoms in total. The van der Waals surface area contributed by atoms with E-state index in [9.17, 15) is 8.42 Å². The second kappa shape index (κ2) is 5.38. The van der Waals surface area contributed by atoms with Crippen molar-refractivity contribution in [2.75, 3.05) is 27.2 Å². The quantitative estimate of drug-likeness (QED) is 0.764. The summed E-state index contributed by atoms with van der Waals surface area (Å²) in [5.41, 5.74) is 2.49. The molecule has 100 valence electrons. The molecule has 0 unspecified atom stereocenters. The van der Waals surface area contributed by atoms with Gasteiger partial charge in [0, 0.05) is 0 Å². The maximum absolute atomic E-state index is 12.1. The van der Waals surface area contributed by atoms with Gasteiger partial charge in [0.2, 0.25) is 10.0 Å². The number of hydrogen-bond donors (Lipinski definition) is 2. The summed E-state index contributed by atoms with van der Waals surface area (Å²) in [4.78, 5) is 1.63. The van der Waals surface area contributed by atoms with Crippen LogP contribution in [-0.4, -0.2) is 35.6 Å². The van der Waals surface area contributed by atoms with Gasteiger partial charge in [-0.2, -0.15) is 0 Å². The zero-order valence-electron chi connectivity index (χ0n) is 11.0. The molecule has 0 saturated carbocycles. The van der Waals surface area contributed by atoms with Crippen LogP contribution in [0, 0.1) is 0 Å². The molecule has 0 saturated heterocycles. The minimum absolute atomic E-state index is 0.400. The third-order valence-corrected chi connectivity index (χ3v) is 4.76. The molecule has 0 fully saturated rings. The molecule has 0 aromatic heterocycles. The minimum atomic E-state index is -3.34. The number of sulfonamides is 1. The van der Waals surface area contributed by atoms with Gasteiger partial charge >= 0.3 is 0 Å². The number of benzene rings is 1. The molecule has 1 aromatic rings. The van der Waals surface area contributed by atoms with E-state index >= 15 is 0 Å². The van der Waals surface area contributed by atoms with Crippen LogP contribution >= 0.6 is 0 Å². The van der Waals surface area contributed by atoms with E-state index in [2.05, 4.69) is 4.72 Å². The predicted molar refractivity (Wildman–Crippen MR) is 71.3 cm³/mol. The van der Waals surface area contributed by atoms with Crippen molar-refractivity contribution in [1.82, 2.24) is 4.72 Å². The lowest BCUT2D eigenvalue weighted by molar-refractivity contribution is -0.856. The van der Waals surface area contributed by atoms with E-state index in [0.29, 0.717) is 11.4 Å². The highest BCUT2D eigenvalue weighted by molar-refractivity contribution is 7.89. The first-order chi connectivity index (χ1) is 8.49. The van der Waals surface area contributed by atoms with Crippen molar-refractivity contribution in [1.29, 1.82) is 0 Å². The smallest absolute Gasteiger partial charge is 0.240 e. The van der Waals surface area contributed by atoms with Crippen molar-refractivity contribution in [3.05, 3.63) is 29.3 Å². The fraction of sp³-hybridized carbons (Fsp3) is 0.538.